The molecule has 2 N–H and O–H groups in total. The van der Waals surface area contributed by atoms with Crippen LogP contribution in [0.25, 0.3) is 0 Å². The summed E-state index contributed by atoms with van der Waals surface area (Å²) in [4.78, 5) is 0. The molecule has 0 heterocycles. The molecule has 1 aromatic rings. The lowest BCUT2D eigenvalue weighted by Crippen LogP contribution is -2.24. The van der Waals surface area contributed by atoms with Crippen LogP contribution in [0.4, 0.5) is 0 Å². The molecule has 0 amide bonds. The van der Waals surface area contributed by atoms with Crippen LogP contribution < -0.4 is 5.32 Å². The molecule has 0 fully saturated rings. The summed E-state index contributed by atoms with van der Waals surface area (Å²) >= 11 is 0. The van der Waals surface area contributed by atoms with Gasteiger partial charge in [-0.1, -0.05) is 37.3 Å². The molecular formula is C12H19NO. The molecule has 1 unspecified atom stereocenters. The molecule has 0 aromatic heterocycles. The Hall–Kier alpha value is -0.860. The molecule has 14 heavy (non-hydrogen) atoms. The highest BCUT2D eigenvalue weighted by Gasteiger charge is 2.02. The molecule has 0 aliphatic heterocycles. The van der Waals surface area contributed by atoms with Gasteiger partial charge in [-0.05, 0) is 17.9 Å². The molecule has 1 rings (SSSR count). The molecule has 0 spiro atoms. The molecule has 0 bridgehead atoms. The predicted octanol–water partition coefficient (Wildman–Crippen LogP) is 1.79. The first-order chi connectivity index (χ1) is 6.86. The summed E-state index contributed by atoms with van der Waals surface area (Å²) < 4.78 is 0. The molecule has 0 radical (unpaired) electrons. The highest BCUT2D eigenvalue weighted by atomic mass is 16.3. The monoisotopic (exact) mass is 193 g/mol. The maximum Gasteiger partial charge on any atom is 0.0471 e. The second kappa shape index (κ2) is 6.57. The first kappa shape index (κ1) is 11.2. The Morgan fingerprint density at radius 1 is 1.29 bits per heavy atom. The van der Waals surface area contributed by atoms with Crippen molar-refractivity contribution in [3.05, 3.63) is 35.9 Å². The van der Waals surface area contributed by atoms with Gasteiger partial charge < -0.3 is 10.4 Å². The smallest absolute Gasteiger partial charge is 0.0471 e. The number of hydrogen-bond donors (Lipinski definition) is 2. The van der Waals surface area contributed by atoms with E-state index < -0.39 is 0 Å². The van der Waals surface area contributed by atoms with E-state index in [0.717, 1.165) is 19.5 Å². The standard InChI is InChI=1S/C12H19NO/c1-2-11(10-14)8-13-9-12-6-4-3-5-7-12/h3-7,11,13-14H,2,8-10H2,1H3. The zero-order valence-electron chi connectivity index (χ0n) is 8.74. The second-order valence-electron chi connectivity index (χ2n) is 3.57. The van der Waals surface area contributed by atoms with Crippen molar-refractivity contribution >= 4 is 0 Å². The largest absolute Gasteiger partial charge is 0.396 e. The van der Waals surface area contributed by atoms with Crippen LogP contribution in [0, 0.1) is 5.92 Å². The third kappa shape index (κ3) is 3.90. The van der Waals surface area contributed by atoms with Crippen molar-refractivity contribution in [3.8, 4) is 0 Å². The van der Waals surface area contributed by atoms with Crippen LogP contribution in [-0.4, -0.2) is 18.3 Å². The van der Waals surface area contributed by atoms with Crippen molar-refractivity contribution in [1.82, 2.24) is 5.32 Å². The number of nitrogens with one attached hydrogen (secondary N) is 1. The van der Waals surface area contributed by atoms with Crippen LogP contribution in [0.15, 0.2) is 30.3 Å². The molecular weight excluding hydrogens is 174 g/mol. The predicted molar refractivity (Wildman–Crippen MR) is 59.0 cm³/mol. The third-order valence-electron chi connectivity index (χ3n) is 2.44. The Balaban J connectivity index is 2.21. The zero-order chi connectivity index (χ0) is 10.2. The van der Waals surface area contributed by atoms with E-state index in [1.165, 1.54) is 5.56 Å². The average molecular weight is 193 g/mol. The Morgan fingerprint density at radius 3 is 2.57 bits per heavy atom. The molecule has 78 valence electrons. The van der Waals surface area contributed by atoms with Gasteiger partial charge in [-0.15, -0.1) is 0 Å². The fraction of sp³-hybridized carbons (Fsp3) is 0.500. The number of benzene rings is 1. The minimum atomic E-state index is 0.276. The highest BCUT2D eigenvalue weighted by Crippen LogP contribution is 2.01. The lowest BCUT2D eigenvalue weighted by Gasteiger charge is -2.12. The minimum absolute atomic E-state index is 0.276. The Labute approximate surface area is 86.0 Å². The van der Waals surface area contributed by atoms with Crippen molar-refractivity contribution in [2.45, 2.75) is 19.9 Å². The van der Waals surface area contributed by atoms with Gasteiger partial charge in [0.1, 0.15) is 0 Å². The fourth-order valence-corrected chi connectivity index (χ4v) is 1.35. The summed E-state index contributed by atoms with van der Waals surface area (Å²) in [5.74, 6) is 0.388. The number of aliphatic hydroxyl groups excluding tert-OH is 1. The summed E-state index contributed by atoms with van der Waals surface area (Å²) in [6, 6.07) is 10.3. The molecule has 1 aromatic carbocycles. The van der Waals surface area contributed by atoms with Gasteiger partial charge in [0.15, 0.2) is 0 Å². The van der Waals surface area contributed by atoms with E-state index in [2.05, 4.69) is 24.4 Å². The normalized spacial score (nSPS) is 12.7. The zero-order valence-corrected chi connectivity index (χ0v) is 8.74. The van der Waals surface area contributed by atoms with Crippen molar-refractivity contribution in [3.63, 3.8) is 0 Å². The molecule has 0 saturated carbocycles. The number of hydrogen-bond acceptors (Lipinski definition) is 2. The summed E-state index contributed by atoms with van der Waals surface area (Å²) in [5, 5.41) is 12.3. The Kier molecular flexibility index (Phi) is 5.27. The van der Waals surface area contributed by atoms with Crippen molar-refractivity contribution in [2.24, 2.45) is 5.92 Å². The second-order valence-corrected chi connectivity index (χ2v) is 3.57. The lowest BCUT2D eigenvalue weighted by atomic mass is 10.1. The van der Waals surface area contributed by atoms with E-state index in [0.29, 0.717) is 5.92 Å². The molecule has 2 heteroatoms. The van der Waals surface area contributed by atoms with Gasteiger partial charge in [-0.3, -0.25) is 0 Å². The Morgan fingerprint density at radius 2 is 2.00 bits per heavy atom. The summed E-state index contributed by atoms with van der Waals surface area (Å²) in [7, 11) is 0. The van der Waals surface area contributed by atoms with Gasteiger partial charge in [0.25, 0.3) is 0 Å². The quantitative estimate of drug-likeness (QED) is 0.722. The molecule has 1 atom stereocenters. The van der Waals surface area contributed by atoms with Crippen molar-refractivity contribution < 1.29 is 5.11 Å². The van der Waals surface area contributed by atoms with E-state index in [-0.39, 0.29) is 6.61 Å². The van der Waals surface area contributed by atoms with E-state index in [1.54, 1.807) is 0 Å². The van der Waals surface area contributed by atoms with Crippen molar-refractivity contribution in [2.75, 3.05) is 13.2 Å². The van der Waals surface area contributed by atoms with Gasteiger partial charge >= 0.3 is 0 Å². The van der Waals surface area contributed by atoms with Crippen LogP contribution in [-0.2, 0) is 6.54 Å². The van der Waals surface area contributed by atoms with Crippen LogP contribution >= 0.6 is 0 Å². The van der Waals surface area contributed by atoms with E-state index in [1.807, 2.05) is 18.2 Å². The maximum absolute atomic E-state index is 8.98. The summed E-state index contributed by atoms with van der Waals surface area (Å²) in [6.07, 6.45) is 1.03. The minimum Gasteiger partial charge on any atom is -0.396 e. The molecule has 0 aliphatic rings. The van der Waals surface area contributed by atoms with E-state index in [4.69, 9.17) is 5.11 Å². The van der Waals surface area contributed by atoms with E-state index >= 15 is 0 Å². The fourth-order valence-electron chi connectivity index (χ4n) is 1.35. The van der Waals surface area contributed by atoms with Crippen LogP contribution in [0.2, 0.25) is 0 Å². The average Bonchev–Trinajstić information content (AvgIpc) is 2.26. The molecule has 0 saturated heterocycles. The summed E-state index contributed by atoms with van der Waals surface area (Å²) in [5.41, 5.74) is 1.29. The summed E-state index contributed by atoms with van der Waals surface area (Å²) in [6.45, 7) is 4.16. The number of rotatable bonds is 6. The van der Waals surface area contributed by atoms with Gasteiger partial charge in [0.2, 0.25) is 0 Å². The lowest BCUT2D eigenvalue weighted by molar-refractivity contribution is 0.218. The van der Waals surface area contributed by atoms with E-state index in [9.17, 15) is 0 Å². The highest BCUT2D eigenvalue weighted by molar-refractivity contribution is 5.14. The first-order valence-electron chi connectivity index (χ1n) is 5.22. The van der Waals surface area contributed by atoms with Crippen LogP contribution in [0.1, 0.15) is 18.9 Å². The molecule has 2 nitrogen and oxygen atoms in total. The van der Waals surface area contributed by atoms with Gasteiger partial charge in [0.05, 0.1) is 0 Å². The van der Waals surface area contributed by atoms with Crippen molar-refractivity contribution in [1.29, 1.82) is 0 Å². The number of aliphatic hydroxyl groups is 1. The maximum atomic E-state index is 8.98. The first-order valence-corrected chi connectivity index (χ1v) is 5.22. The molecule has 0 aliphatic carbocycles. The SMILES string of the molecule is CCC(CO)CNCc1ccccc1. The van der Waals surface area contributed by atoms with Crippen LogP contribution in [0.3, 0.4) is 0 Å². The van der Waals surface area contributed by atoms with Gasteiger partial charge in [-0.25, -0.2) is 0 Å². The topological polar surface area (TPSA) is 32.3 Å². The van der Waals surface area contributed by atoms with Gasteiger partial charge in [-0.2, -0.15) is 0 Å². The third-order valence-corrected chi connectivity index (χ3v) is 2.44. The van der Waals surface area contributed by atoms with Crippen LogP contribution in [0.5, 0.6) is 0 Å². The Bertz CT molecular complexity index is 231. The van der Waals surface area contributed by atoms with Gasteiger partial charge in [0, 0.05) is 19.7 Å².